The van der Waals surface area contributed by atoms with Crippen molar-refractivity contribution in [1.29, 1.82) is 0 Å². The molecule has 7 heteroatoms. The van der Waals surface area contributed by atoms with Gasteiger partial charge in [-0.3, -0.25) is 4.90 Å². The Morgan fingerprint density at radius 1 is 1.24 bits per heavy atom. The summed E-state index contributed by atoms with van der Waals surface area (Å²) >= 11 is 0. The smallest absolute Gasteiger partial charge is 0.163 e. The summed E-state index contributed by atoms with van der Waals surface area (Å²) in [6.07, 6.45) is 1.70. The van der Waals surface area contributed by atoms with Crippen LogP contribution in [-0.4, -0.2) is 49.3 Å². The van der Waals surface area contributed by atoms with Crippen LogP contribution in [-0.2, 0) is 17.8 Å². The quantitative estimate of drug-likeness (QED) is 0.726. The molecule has 0 N–H and O–H groups in total. The molecule has 25 heavy (non-hydrogen) atoms. The van der Waals surface area contributed by atoms with E-state index < -0.39 is 0 Å². The lowest BCUT2D eigenvalue weighted by Crippen LogP contribution is -2.39. The molecule has 0 amide bonds. The van der Waals surface area contributed by atoms with Crippen molar-refractivity contribution in [3.63, 3.8) is 0 Å². The highest BCUT2D eigenvalue weighted by Gasteiger charge is 2.26. The number of rotatable bonds is 4. The second kappa shape index (κ2) is 6.85. The van der Waals surface area contributed by atoms with Gasteiger partial charge in [-0.1, -0.05) is 18.2 Å². The van der Waals surface area contributed by atoms with E-state index in [9.17, 15) is 0 Å². The molecule has 1 aromatic carbocycles. The van der Waals surface area contributed by atoms with Crippen molar-refractivity contribution < 1.29 is 4.74 Å². The molecule has 0 radical (unpaired) electrons. The Morgan fingerprint density at radius 3 is 3.00 bits per heavy atom. The van der Waals surface area contributed by atoms with Crippen molar-refractivity contribution in [3.05, 3.63) is 47.9 Å². The maximum Gasteiger partial charge on any atom is 0.163 e. The highest BCUT2D eigenvalue weighted by atomic mass is 16.5. The van der Waals surface area contributed by atoms with Crippen LogP contribution >= 0.6 is 0 Å². The minimum Gasteiger partial charge on any atom is -0.368 e. The summed E-state index contributed by atoms with van der Waals surface area (Å²) in [4.78, 5) is 11.7. The number of hydrogen-bond acceptors (Lipinski definition) is 6. The van der Waals surface area contributed by atoms with Crippen LogP contribution in [0.4, 0.5) is 0 Å². The van der Waals surface area contributed by atoms with Gasteiger partial charge < -0.3 is 9.30 Å². The van der Waals surface area contributed by atoms with Crippen LogP contribution in [0.3, 0.4) is 0 Å². The van der Waals surface area contributed by atoms with Crippen molar-refractivity contribution in [2.45, 2.75) is 33.0 Å². The molecule has 4 rings (SSSR count). The Bertz CT molecular complexity index is 877. The number of aromatic nitrogens is 5. The van der Waals surface area contributed by atoms with E-state index in [1.54, 1.807) is 6.33 Å². The van der Waals surface area contributed by atoms with Gasteiger partial charge in [-0.05, 0) is 19.9 Å². The Kier molecular flexibility index (Phi) is 4.42. The number of nitrogens with zero attached hydrogens (tertiary/aromatic N) is 6. The van der Waals surface area contributed by atoms with Gasteiger partial charge in [-0.15, -0.1) is 10.2 Å². The van der Waals surface area contributed by atoms with Crippen LogP contribution in [0.25, 0.3) is 10.9 Å². The topological polar surface area (TPSA) is 69.0 Å². The van der Waals surface area contributed by atoms with Crippen molar-refractivity contribution in [2.75, 3.05) is 19.7 Å². The molecule has 3 heterocycles. The number of hydrogen-bond donors (Lipinski definition) is 0. The average Bonchev–Trinajstić information content (AvgIpc) is 3.11. The van der Waals surface area contributed by atoms with Crippen LogP contribution in [0.5, 0.6) is 0 Å². The summed E-state index contributed by atoms with van der Waals surface area (Å²) in [5, 5.41) is 9.36. The molecule has 1 atom stereocenters. The number of para-hydroxylation sites is 1. The molecule has 1 saturated heterocycles. The molecule has 7 nitrogen and oxygen atoms in total. The minimum atomic E-state index is -0.0576. The lowest BCUT2D eigenvalue weighted by molar-refractivity contribution is -0.0395. The fraction of sp³-hybridized carbons (Fsp3) is 0.444. The van der Waals surface area contributed by atoms with Gasteiger partial charge in [0.1, 0.15) is 18.3 Å². The average molecular weight is 338 g/mol. The van der Waals surface area contributed by atoms with Crippen molar-refractivity contribution in [1.82, 2.24) is 29.6 Å². The third kappa shape index (κ3) is 3.25. The summed E-state index contributed by atoms with van der Waals surface area (Å²) in [6, 6.07) is 8.14. The van der Waals surface area contributed by atoms with Crippen LogP contribution in [0, 0.1) is 6.92 Å². The van der Waals surface area contributed by atoms with Crippen molar-refractivity contribution in [2.24, 2.45) is 0 Å². The second-order valence-corrected chi connectivity index (χ2v) is 6.31. The van der Waals surface area contributed by atoms with E-state index in [-0.39, 0.29) is 6.10 Å². The summed E-state index contributed by atoms with van der Waals surface area (Å²) in [5.41, 5.74) is 2.02. The van der Waals surface area contributed by atoms with Gasteiger partial charge in [0.05, 0.1) is 18.7 Å². The van der Waals surface area contributed by atoms with E-state index in [1.165, 1.54) is 0 Å². The van der Waals surface area contributed by atoms with Crippen LogP contribution in [0.15, 0.2) is 30.6 Å². The fourth-order valence-electron chi connectivity index (χ4n) is 3.32. The first-order valence-corrected chi connectivity index (χ1v) is 8.68. The molecule has 0 spiro atoms. The zero-order valence-corrected chi connectivity index (χ0v) is 14.6. The predicted octanol–water partition coefficient (Wildman–Crippen LogP) is 2.12. The number of fused-ring (bicyclic) bond motifs is 1. The molecule has 0 bridgehead atoms. The van der Waals surface area contributed by atoms with Crippen molar-refractivity contribution in [3.8, 4) is 0 Å². The largest absolute Gasteiger partial charge is 0.368 e. The van der Waals surface area contributed by atoms with E-state index in [0.717, 1.165) is 47.9 Å². The molecular weight excluding hydrogens is 316 g/mol. The molecule has 0 aliphatic carbocycles. The fourth-order valence-corrected chi connectivity index (χ4v) is 3.32. The number of benzene rings is 1. The lowest BCUT2D eigenvalue weighted by Gasteiger charge is -2.32. The van der Waals surface area contributed by atoms with Gasteiger partial charge in [0.2, 0.25) is 0 Å². The van der Waals surface area contributed by atoms with Gasteiger partial charge >= 0.3 is 0 Å². The molecule has 130 valence electrons. The number of aryl methyl sites for hydroxylation is 2. The third-order valence-corrected chi connectivity index (χ3v) is 4.63. The maximum absolute atomic E-state index is 5.92. The molecule has 1 aliphatic heterocycles. The zero-order chi connectivity index (χ0) is 17.2. The maximum atomic E-state index is 5.92. The summed E-state index contributed by atoms with van der Waals surface area (Å²) in [6.45, 7) is 7.99. The first-order chi connectivity index (χ1) is 12.2. The molecule has 1 aliphatic rings. The predicted molar refractivity (Wildman–Crippen MR) is 93.9 cm³/mol. The molecule has 1 fully saturated rings. The standard InChI is InChI=1S/C18H22N6O/c1-3-24-12-19-22-18(24)16-10-23(8-9-25-16)11-17-20-13(2)14-6-4-5-7-15(14)21-17/h4-7,12,16H,3,8-11H2,1-2H3. The van der Waals surface area contributed by atoms with Gasteiger partial charge in [-0.2, -0.15) is 0 Å². The monoisotopic (exact) mass is 338 g/mol. The Hall–Kier alpha value is -2.38. The van der Waals surface area contributed by atoms with Gasteiger partial charge in [0.25, 0.3) is 0 Å². The Morgan fingerprint density at radius 2 is 2.12 bits per heavy atom. The number of morpholine rings is 1. The highest BCUT2D eigenvalue weighted by molar-refractivity contribution is 5.80. The minimum absolute atomic E-state index is 0.0576. The Labute approximate surface area is 146 Å². The molecule has 0 saturated carbocycles. The van der Waals surface area contributed by atoms with E-state index in [2.05, 4.69) is 28.1 Å². The normalized spacial score (nSPS) is 18.7. The van der Waals surface area contributed by atoms with Gasteiger partial charge in [-0.25, -0.2) is 9.97 Å². The van der Waals surface area contributed by atoms with E-state index in [1.807, 2.05) is 29.7 Å². The van der Waals surface area contributed by atoms with Gasteiger partial charge in [0.15, 0.2) is 5.82 Å². The van der Waals surface area contributed by atoms with E-state index >= 15 is 0 Å². The third-order valence-electron chi connectivity index (χ3n) is 4.63. The highest BCUT2D eigenvalue weighted by Crippen LogP contribution is 2.22. The van der Waals surface area contributed by atoms with Crippen molar-refractivity contribution >= 4 is 10.9 Å². The zero-order valence-electron chi connectivity index (χ0n) is 14.6. The van der Waals surface area contributed by atoms with Crippen LogP contribution in [0.2, 0.25) is 0 Å². The van der Waals surface area contributed by atoms with Crippen LogP contribution in [0.1, 0.15) is 30.4 Å². The molecule has 2 aromatic heterocycles. The van der Waals surface area contributed by atoms with E-state index in [0.29, 0.717) is 13.2 Å². The summed E-state index contributed by atoms with van der Waals surface area (Å²) in [5.74, 6) is 1.75. The molecule has 1 unspecified atom stereocenters. The first kappa shape index (κ1) is 16.1. The number of ether oxygens (including phenoxy) is 1. The van der Waals surface area contributed by atoms with Gasteiger partial charge in [0, 0.05) is 30.7 Å². The second-order valence-electron chi connectivity index (χ2n) is 6.31. The summed E-state index contributed by atoms with van der Waals surface area (Å²) < 4.78 is 7.95. The summed E-state index contributed by atoms with van der Waals surface area (Å²) in [7, 11) is 0. The van der Waals surface area contributed by atoms with E-state index in [4.69, 9.17) is 14.7 Å². The molecule has 3 aromatic rings. The SMILES string of the molecule is CCn1cnnc1C1CN(Cc2nc(C)c3ccccc3n2)CCO1. The lowest BCUT2D eigenvalue weighted by atomic mass is 10.2. The van der Waals surface area contributed by atoms with Crippen LogP contribution < -0.4 is 0 Å². The molecular formula is C18H22N6O. The first-order valence-electron chi connectivity index (χ1n) is 8.68. The Balaban J connectivity index is 1.53.